The standard InChI is InChI=1S/C20H21F3N2O2/c1-25-12-14(19(26)24-16-7-4-8-17(11-16)27-2)10-18(25)13-5-3-6-15(9-13)20(21,22)23/h3-9,11,14,18H,10,12H2,1-2H3,(H,24,26)/t14-,18+/m1/s1. The Labute approximate surface area is 155 Å². The van der Waals surface area contributed by atoms with Gasteiger partial charge in [-0.25, -0.2) is 0 Å². The van der Waals surface area contributed by atoms with E-state index in [2.05, 4.69) is 5.32 Å². The van der Waals surface area contributed by atoms with E-state index in [1.165, 1.54) is 12.1 Å². The molecule has 0 radical (unpaired) electrons. The monoisotopic (exact) mass is 378 g/mol. The van der Waals surface area contributed by atoms with Gasteiger partial charge in [0, 0.05) is 24.3 Å². The SMILES string of the molecule is COc1cccc(NC(=O)[C@@H]2C[C@@H](c3cccc(C(F)(F)F)c3)N(C)C2)c1. The molecule has 1 amide bonds. The molecule has 0 spiro atoms. The Kier molecular flexibility index (Phi) is 5.41. The molecular weight excluding hydrogens is 357 g/mol. The number of hydrogen-bond donors (Lipinski definition) is 1. The fraction of sp³-hybridized carbons (Fsp3) is 0.350. The molecule has 4 nitrogen and oxygen atoms in total. The van der Waals surface area contributed by atoms with Crippen LogP contribution in [0.5, 0.6) is 5.75 Å². The summed E-state index contributed by atoms with van der Waals surface area (Å²) in [6.07, 6.45) is -3.91. The zero-order valence-electron chi connectivity index (χ0n) is 15.1. The molecule has 1 heterocycles. The van der Waals surface area contributed by atoms with Crippen LogP contribution >= 0.6 is 0 Å². The molecule has 1 saturated heterocycles. The van der Waals surface area contributed by atoms with Crippen molar-refractivity contribution in [1.82, 2.24) is 4.90 Å². The van der Waals surface area contributed by atoms with Crippen LogP contribution in [0.3, 0.4) is 0 Å². The molecule has 1 aliphatic rings. The lowest BCUT2D eigenvalue weighted by Gasteiger charge is -2.20. The van der Waals surface area contributed by atoms with Gasteiger partial charge in [0.1, 0.15) is 5.75 Å². The maximum absolute atomic E-state index is 13.0. The highest BCUT2D eigenvalue weighted by Crippen LogP contribution is 2.37. The van der Waals surface area contributed by atoms with E-state index in [9.17, 15) is 18.0 Å². The molecule has 2 aromatic carbocycles. The summed E-state index contributed by atoms with van der Waals surface area (Å²) in [6, 6.07) is 12.1. The number of hydrogen-bond acceptors (Lipinski definition) is 3. The van der Waals surface area contributed by atoms with Gasteiger partial charge in [0.05, 0.1) is 18.6 Å². The van der Waals surface area contributed by atoms with Gasteiger partial charge >= 0.3 is 6.18 Å². The van der Waals surface area contributed by atoms with Crippen molar-refractivity contribution in [3.8, 4) is 5.75 Å². The van der Waals surface area contributed by atoms with E-state index < -0.39 is 11.7 Å². The number of halogens is 3. The van der Waals surface area contributed by atoms with Crippen molar-refractivity contribution in [2.45, 2.75) is 18.6 Å². The van der Waals surface area contributed by atoms with Gasteiger partial charge in [-0.3, -0.25) is 9.69 Å². The van der Waals surface area contributed by atoms with Crippen molar-refractivity contribution in [3.05, 3.63) is 59.7 Å². The lowest BCUT2D eigenvalue weighted by molar-refractivity contribution is -0.137. The van der Waals surface area contributed by atoms with E-state index in [0.29, 0.717) is 30.0 Å². The number of benzene rings is 2. The van der Waals surface area contributed by atoms with Crippen molar-refractivity contribution in [1.29, 1.82) is 0 Å². The van der Waals surface area contributed by atoms with E-state index in [1.54, 1.807) is 37.4 Å². The third-order valence-electron chi connectivity index (χ3n) is 4.86. The van der Waals surface area contributed by atoms with E-state index in [0.717, 1.165) is 6.07 Å². The normalized spacial score (nSPS) is 20.5. The molecule has 0 aliphatic carbocycles. The van der Waals surface area contributed by atoms with Crippen molar-refractivity contribution in [2.24, 2.45) is 5.92 Å². The number of carbonyl (C=O) groups excluding carboxylic acids is 1. The van der Waals surface area contributed by atoms with E-state index >= 15 is 0 Å². The first-order valence-corrected chi connectivity index (χ1v) is 8.60. The Morgan fingerprint density at radius 2 is 1.93 bits per heavy atom. The summed E-state index contributed by atoms with van der Waals surface area (Å²) < 4.78 is 44.1. The third-order valence-corrected chi connectivity index (χ3v) is 4.86. The number of methoxy groups -OCH3 is 1. The van der Waals surface area contributed by atoms with Gasteiger partial charge in [-0.05, 0) is 43.3 Å². The highest BCUT2D eigenvalue weighted by molar-refractivity contribution is 5.93. The summed E-state index contributed by atoms with van der Waals surface area (Å²) in [5.74, 6) is 0.184. The number of nitrogens with one attached hydrogen (secondary N) is 1. The number of amides is 1. The molecule has 27 heavy (non-hydrogen) atoms. The van der Waals surface area contributed by atoms with E-state index in [-0.39, 0.29) is 17.9 Å². The van der Waals surface area contributed by atoms with Gasteiger partial charge in [-0.15, -0.1) is 0 Å². The molecule has 0 unspecified atom stereocenters. The van der Waals surface area contributed by atoms with Gasteiger partial charge in [-0.2, -0.15) is 13.2 Å². The first-order chi connectivity index (χ1) is 12.8. The molecule has 1 N–H and O–H groups in total. The highest BCUT2D eigenvalue weighted by Gasteiger charge is 2.36. The predicted molar refractivity (Wildman–Crippen MR) is 96.5 cm³/mol. The van der Waals surface area contributed by atoms with Gasteiger partial charge < -0.3 is 10.1 Å². The van der Waals surface area contributed by atoms with Crippen LogP contribution < -0.4 is 10.1 Å². The second kappa shape index (κ2) is 7.60. The molecule has 7 heteroatoms. The number of rotatable bonds is 4. The van der Waals surface area contributed by atoms with Gasteiger partial charge in [0.2, 0.25) is 5.91 Å². The minimum absolute atomic E-state index is 0.149. The van der Waals surface area contributed by atoms with Crippen LogP contribution in [0, 0.1) is 5.92 Å². The summed E-state index contributed by atoms with van der Waals surface area (Å²) in [5, 5.41) is 2.86. The Balaban J connectivity index is 1.71. The molecule has 144 valence electrons. The van der Waals surface area contributed by atoms with Crippen LogP contribution in [0.25, 0.3) is 0 Å². The van der Waals surface area contributed by atoms with Crippen LogP contribution in [0.15, 0.2) is 48.5 Å². The molecule has 1 aliphatic heterocycles. The minimum atomic E-state index is -4.38. The topological polar surface area (TPSA) is 41.6 Å². The zero-order chi connectivity index (χ0) is 19.6. The molecule has 2 atom stereocenters. The van der Waals surface area contributed by atoms with Crippen molar-refractivity contribution in [3.63, 3.8) is 0 Å². The molecular formula is C20H21F3N2O2. The highest BCUT2D eigenvalue weighted by atomic mass is 19.4. The van der Waals surface area contributed by atoms with Crippen LogP contribution in [0.2, 0.25) is 0 Å². The second-order valence-corrected chi connectivity index (χ2v) is 6.73. The number of likely N-dealkylation sites (tertiary alicyclic amines) is 1. The first kappa shape index (κ1) is 19.2. The summed E-state index contributed by atoms with van der Waals surface area (Å²) in [6.45, 7) is 0.483. The Morgan fingerprint density at radius 1 is 1.19 bits per heavy atom. The first-order valence-electron chi connectivity index (χ1n) is 8.60. The molecule has 3 rings (SSSR count). The number of nitrogens with zero attached hydrogens (tertiary/aromatic N) is 1. The maximum atomic E-state index is 13.0. The van der Waals surface area contributed by atoms with Crippen LogP contribution in [0.4, 0.5) is 18.9 Å². The smallest absolute Gasteiger partial charge is 0.416 e. The number of carbonyl (C=O) groups is 1. The van der Waals surface area contributed by atoms with Crippen LogP contribution in [-0.4, -0.2) is 31.5 Å². The Bertz CT molecular complexity index is 823. The second-order valence-electron chi connectivity index (χ2n) is 6.73. The summed E-state index contributed by atoms with van der Waals surface area (Å²) >= 11 is 0. The van der Waals surface area contributed by atoms with Gasteiger partial charge in [0.25, 0.3) is 0 Å². The maximum Gasteiger partial charge on any atom is 0.416 e. The third kappa shape index (κ3) is 4.42. The average Bonchev–Trinajstić information content (AvgIpc) is 3.03. The Morgan fingerprint density at radius 3 is 2.63 bits per heavy atom. The van der Waals surface area contributed by atoms with Crippen LogP contribution in [-0.2, 0) is 11.0 Å². The summed E-state index contributed by atoms with van der Waals surface area (Å²) in [4.78, 5) is 14.5. The fourth-order valence-corrected chi connectivity index (χ4v) is 3.45. The fourth-order valence-electron chi connectivity index (χ4n) is 3.45. The van der Waals surface area contributed by atoms with Crippen molar-refractivity contribution in [2.75, 3.05) is 26.0 Å². The summed E-state index contributed by atoms with van der Waals surface area (Å²) in [5.41, 5.74) is 0.534. The number of ether oxygens (including phenoxy) is 1. The number of alkyl halides is 3. The summed E-state index contributed by atoms with van der Waals surface area (Å²) in [7, 11) is 3.37. The molecule has 2 aromatic rings. The average molecular weight is 378 g/mol. The van der Waals surface area contributed by atoms with Crippen LogP contribution in [0.1, 0.15) is 23.6 Å². The van der Waals surface area contributed by atoms with E-state index in [4.69, 9.17) is 4.74 Å². The molecule has 0 aromatic heterocycles. The van der Waals surface area contributed by atoms with Gasteiger partial charge in [-0.1, -0.05) is 18.2 Å². The largest absolute Gasteiger partial charge is 0.497 e. The quantitative estimate of drug-likeness (QED) is 0.860. The number of anilines is 1. The lowest BCUT2D eigenvalue weighted by atomic mass is 9.97. The Hall–Kier alpha value is -2.54. The van der Waals surface area contributed by atoms with Gasteiger partial charge in [0.15, 0.2) is 0 Å². The predicted octanol–water partition coefficient (Wildman–Crippen LogP) is 4.35. The molecule has 0 saturated carbocycles. The molecule has 1 fully saturated rings. The van der Waals surface area contributed by atoms with E-state index in [1.807, 2.05) is 11.9 Å². The molecule has 0 bridgehead atoms. The lowest BCUT2D eigenvalue weighted by Crippen LogP contribution is -2.25. The minimum Gasteiger partial charge on any atom is -0.497 e. The van der Waals surface area contributed by atoms with Crippen molar-refractivity contribution < 1.29 is 22.7 Å². The zero-order valence-corrected chi connectivity index (χ0v) is 15.1. The van der Waals surface area contributed by atoms with Crippen molar-refractivity contribution >= 4 is 11.6 Å².